The van der Waals surface area contributed by atoms with Crippen molar-refractivity contribution in [3.8, 4) is 0 Å². The molecule has 0 aliphatic heterocycles. The van der Waals surface area contributed by atoms with Crippen molar-refractivity contribution in [3.05, 3.63) is 18.2 Å². The summed E-state index contributed by atoms with van der Waals surface area (Å²) >= 11 is 0. The summed E-state index contributed by atoms with van der Waals surface area (Å²) in [4.78, 5) is 4.03. The maximum absolute atomic E-state index is 8.67. The van der Waals surface area contributed by atoms with Gasteiger partial charge in [0.05, 0.1) is 6.61 Å². The third-order valence-electron chi connectivity index (χ3n) is 1.59. The van der Waals surface area contributed by atoms with Crippen LogP contribution in [0.4, 0.5) is 0 Å². The smallest absolute Gasteiger partial charge is 0.105 e. The lowest BCUT2D eigenvalue weighted by Crippen LogP contribution is -2.29. The van der Waals surface area contributed by atoms with E-state index in [1.807, 2.05) is 17.7 Å². The van der Waals surface area contributed by atoms with E-state index in [-0.39, 0.29) is 12.6 Å². The zero-order valence-electron chi connectivity index (χ0n) is 6.57. The molecule has 4 heteroatoms. The van der Waals surface area contributed by atoms with Gasteiger partial charge in [0.1, 0.15) is 5.82 Å². The van der Waals surface area contributed by atoms with E-state index in [4.69, 9.17) is 10.8 Å². The van der Waals surface area contributed by atoms with Gasteiger partial charge in [0.15, 0.2) is 0 Å². The van der Waals surface area contributed by atoms with Crippen LogP contribution in [0.3, 0.4) is 0 Å². The van der Waals surface area contributed by atoms with Crippen molar-refractivity contribution in [2.75, 3.05) is 6.61 Å². The van der Waals surface area contributed by atoms with Gasteiger partial charge in [-0.2, -0.15) is 0 Å². The van der Waals surface area contributed by atoms with Crippen molar-refractivity contribution >= 4 is 0 Å². The second-order valence-electron chi connectivity index (χ2n) is 2.57. The molecule has 0 aliphatic carbocycles. The molecule has 62 valence electrons. The second-order valence-corrected chi connectivity index (χ2v) is 2.57. The van der Waals surface area contributed by atoms with Crippen molar-refractivity contribution < 1.29 is 5.11 Å². The number of hydrogen-bond acceptors (Lipinski definition) is 3. The molecule has 0 spiro atoms. The van der Waals surface area contributed by atoms with Crippen LogP contribution in [0, 0.1) is 6.92 Å². The van der Waals surface area contributed by atoms with Crippen molar-refractivity contribution in [1.82, 2.24) is 9.55 Å². The van der Waals surface area contributed by atoms with Gasteiger partial charge in [0, 0.05) is 25.0 Å². The molecule has 0 bridgehead atoms. The van der Waals surface area contributed by atoms with E-state index >= 15 is 0 Å². The average molecular weight is 155 g/mol. The monoisotopic (exact) mass is 155 g/mol. The first-order chi connectivity index (χ1) is 5.24. The van der Waals surface area contributed by atoms with Gasteiger partial charge in [0.25, 0.3) is 0 Å². The van der Waals surface area contributed by atoms with E-state index in [1.54, 1.807) is 6.20 Å². The van der Waals surface area contributed by atoms with Gasteiger partial charge < -0.3 is 15.4 Å². The van der Waals surface area contributed by atoms with Gasteiger partial charge in [-0.25, -0.2) is 4.98 Å². The Morgan fingerprint density at radius 2 is 2.55 bits per heavy atom. The van der Waals surface area contributed by atoms with E-state index in [1.165, 1.54) is 0 Å². The minimum atomic E-state index is -0.192. The Labute approximate surface area is 65.7 Å². The number of imidazole rings is 1. The first-order valence-corrected chi connectivity index (χ1v) is 3.58. The Morgan fingerprint density at radius 3 is 3.00 bits per heavy atom. The molecule has 0 fully saturated rings. The molecule has 0 aromatic carbocycles. The molecule has 0 aliphatic rings. The molecule has 0 amide bonds. The van der Waals surface area contributed by atoms with Crippen LogP contribution < -0.4 is 5.73 Å². The quantitative estimate of drug-likeness (QED) is 0.619. The number of aryl methyl sites for hydroxylation is 1. The van der Waals surface area contributed by atoms with E-state index in [2.05, 4.69) is 4.98 Å². The normalized spacial score (nSPS) is 13.4. The molecular weight excluding hydrogens is 142 g/mol. The molecule has 1 aromatic heterocycles. The maximum Gasteiger partial charge on any atom is 0.105 e. The summed E-state index contributed by atoms with van der Waals surface area (Å²) in [6.07, 6.45) is 3.57. The number of nitrogens with zero attached hydrogens (tertiary/aromatic N) is 2. The summed E-state index contributed by atoms with van der Waals surface area (Å²) in [6, 6.07) is -0.192. The highest BCUT2D eigenvalue weighted by Gasteiger charge is 2.02. The minimum absolute atomic E-state index is 0.0115. The summed E-state index contributed by atoms with van der Waals surface area (Å²) in [5, 5.41) is 8.67. The largest absolute Gasteiger partial charge is 0.395 e. The molecule has 11 heavy (non-hydrogen) atoms. The minimum Gasteiger partial charge on any atom is -0.395 e. The Kier molecular flexibility index (Phi) is 2.62. The number of aromatic nitrogens is 2. The van der Waals surface area contributed by atoms with Crippen LogP contribution in [0.2, 0.25) is 0 Å². The summed E-state index contributed by atoms with van der Waals surface area (Å²) in [5.41, 5.74) is 5.53. The number of aliphatic hydroxyl groups excluding tert-OH is 1. The second kappa shape index (κ2) is 3.50. The molecule has 1 atom stereocenters. The predicted molar refractivity (Wildman–Crippen MR) is 42.0 cm³/mol. The molecule has 1 unspecified atom stereocenters. The average Bonchev–Trinajstić information content (AvgIpc) is 2.37. The Balaban J connectivity index is 2.56. The Hall–Kier alpha value is -0.870. The van der Waals surface area contributed by atoms with E-state index in [0.29, 0.717) is 6.54 Å². The number of aliphatic hydroxyl groups is 1. The van der Waals surface area contributed by atoms with Crippen LogP contribution in [0.1, 0.15) is 5.82 Å². The molecule has 3 N–H and O–H groups in total. The van der Waals surface area contributed by atoms with Crippen LogP contribution in [0.15, 0.2) is 12.4 Å². The fourth-order valence-corrected chi connectivity index (χ4v) is 0.907. The highest BCUT2D eigenvalue weighted by Crippen LogP contribution is 1.95. The molecule has 1 rings (SSSR count). The summed E-state index contributed by atoms with van der Waals surface area (Å²) in [5.74, 6) is 0.925. The Morgan fingerprint density at radius 1 is 1.82 bits per heavy atom. The highest BCUT2D eigenvalue weighted by molar-refractivity contribution is 4.89. The zero-order chi connectivity index (χ0) is 8.27. The molecule has 4 nitrogen and oxygen atoms in total. The lowest BCUT2D eigenvalue weighted by molar-refractivity contribution is 0.253. The summed E-state index contributed by atoms with van der Waals surface area (Å²) in [7, 11) is 0. The number of rotatable bonds is 3. The maximum atomic E-state index is 8.67. The van der Waals surface area contributed by atoms with Gasteiger partial charge >= 0.3 is 0 Å². The van der Waals surface area contributed by atoms with Gasteiger partial charge in [-0.3, -0.25) is 0 Å². The van der Waals surface area contributed by atoms with Crippen LogP contribution in [-0.2, 0) is 6.54 Å². The molecular formula is C7H13N3O. The number of nitrogens with two attached hydrogens (primary N) is 1. The van der Waals surface area contributed by atoms with Crippen LogP contribution >= 0.6 is 0 Å². The lowest BCUT2D eigenvalue weighted by Gasteiger charge is -2.09. The van der Waals surface area contributed by atoms with Gasteiger partial charge in [0.2, 0.25) is 0 Å². The molecule has 0 saturated carbocycles. The molecule has 1 aromatic rings. The van der Waals surface area contributed by atoms with E-state index < -0.39 is 0 Å². The fourth-order valence-electron chi connectivity index (χ4n) is 0.907. The molecule has 0 saturated heterocycles. The molecule has 1 heterocycles. The zero-order valence-corrected chi connectivity index (χ0v) is 6.57. The standard InChI is InChI=1S/C7H13N3O/c1-6-9-2-3-10(6)4-7(8)5-11/h2-3,7,11H,4-5,8H2,1H3. The third kappa shape index (κ3) is 2.03. The van der Waals surface area contributed by atoms with Gasteiger partial charge in [-0.05, 0) is 6.92 Å². The van der Waals surface area contributed by atoms with Crippen molar-refractivity contribution in [2.24, 2.45) is 5.73 Å². The van der Waals surface area contributed by atoms with Crippen molar-refractivity contribution in [1.29, 1.82) is 0 Å². The number of hydrogen-bond donors (Lipinski definition) is 2. The molecule has 0 radical (unpaired) electrons. The van der Waals surface area contributed by atoms with Gasteiger partial charge in [-0.1, -0.05) is 0 Å². The van der Waals surface area contributed by atoms with Gasteiger partial charge in [-0.15, -0.1) is 0 Å². The first-order valence-electron chi connectivity index (χ1n) is 3.58. The van der Waals surface area contributed by atoms with Crippen LogP contribution in [0.25, 0.3) is 0 Å². The van der Waals surface area contributed by atoms with Crippen molar-refractivity contribution in [3.63, 3.8) is 0 Å². The van der Waals surface area contributed by atoms with Crippen LogP contribution in [-0.4, -0.2) is 27.3 Å². The topological polar surface area (TPSA) is 64.1 Å². The first kappa shape index (κ1) is 8.23. The summed E-state index contributed by atoms with van der Waals surface area (Å²) in [6.45, 7) is 2.55. The SMILES string of the molecule is Cc1nccn1CC(N)CO. The highest BCUT2D eigenvalue weighted by atomic mass is 16.3. The third-order valence-corrected chi connectivity index (χ3v) is 1.59. The van der Waals surface area contributed by atoms with Crippen molar-refractivity contribution in [2.45, 2.75) is 19.5 Å². The fraction of sp³-hybridized carbons (Fsp3) is 0.571. The van der Waals surface area contributed by atoms with E-state index in [9.17, 15) is 0 Å². The van der Waals surface area contributed by atoms with E-state index in [0.717, 1.165) is 5.82 Å². The lowest BCUT2D eigenvalue weighted by atomic mass is 10.3. The summed E-state index contributed by atoms with van der Waals surface area (Å²) < 4.78 is 1.92. The Bertz CT molecular complexity index is 221. The van der Waals surface area contributed by atoms with Crippen LogP contribution in [0.5, 0.6) is 0 Å². The predicted octanol–water partition coefficient (Wildman–Crippen LogP) is -0.489.